The topological polar surface area (TPSA) is 91.2 Å². The average Bonchev–Trinajstić information content (AvgIpc) is 2.89. The number of nitrogens with zero attached hydrogens (tertiary/aromatic N) is 2. The number of hydrogen-bond acceptors (Lipinski definition) is 6. The molecule has 0 saturated heterocycles. The molecule has 1 aliphatic rings. The summed E-state index contributed by atoms with van der Waals surface area (Å²) < 4.78 is 9.77. The molecule has 2 N–H and O–H groups in total. The molecule has 0 aromatic carbocycles. The number of aryl methyl sites for hydroxylation is 1. The third-order valence-corrected chi connectivity index (χ3v) is 4.18. The summed E-state index contributed by atoms with van der Waals surface area (Å²) in [7, 11) is 1.36. The molecule has 6 heteroatoms. The van der Waals surface area contributed by atoms with Crippen LogP contribution in [-0.4, -0.2) is 23.2 Å². The van der Waals surface area contributed by atoms with Gasteiger partial charge in [-0.05, 0) is 31.1 Å². The van der Waals surface area contributed by atoms with Crippen LogP contribution in [0.2, 0.25) is 0 Å². The lowest BCUT2D eigenvalue weighted by atomic mass is 9.69. The van der Waals surface area contributed by atoms with Gasteiger partial charge in [0.2, 0.25) is 5.89 Å². The fraction of sp³-hybridized carbons (Fsp3) is 0.786. The van der Waals surface area contributed by atoms with Crippen molar-refractivity contribution in [1.82, 2.24) is 10.1 Å². The standard InChI is InChI=1S/C14H23N3O3/c1-13(2)6-8-14(15,9-7-13)12-16-10(20-17-12)4-5-11(18)19-3/h4-9,15H2,1-3H3. The third-order valence-electron chi connectivity index (χ3n) is 4.18. The molecule has 1 heterocycles. The first-order chi connectivity index (χ1) is 9.35. The second kappa shape index (κ2) is 5.52. The molecule has 1 fully saturated rings. The molecule has 0 spiro atoms. The van der Waals surface area contributed by atoms with Crippen LogP contribution < -0.4 is 5.73 Å². The Morgan fingerprint density at radius 2 is 2.00 bits per heavy atom. The number of carbonyl (C=O) groups is 1. The van der Waals surface area contributed by atoms with E-state index in [0.29, 0.717) is 23.6 Å². The van der Waals surface area contributed by atoms with E-state index in [2.05, 4.69) is 28.7 Å². The Morgan fingerprint density at radius 1 is 1.35 bits per heavy atom. The van der Waals surface area contributed by atoms with Crippen molar-refractivity contribution >= 4 is 5.97 Å². The molecule has 1 aromatic rings. The van der Waals surface area contributed by atoms with E-state index in [9.17, 15) is 4.79 Å². The summed E-state index contributed by atoms with van der Waals surface area (Å²) in [6.07, 6.45) is 4.45. The van der Waals surface area contributed by atoms with Crippen LogP contribution in [0.1, 0.15) is 57.7 Å². The van der Waals surface area contributed by atoms with Gasteiger partial charge in [0.05, 0.1) is 19.1 Å². The summed E-state index contributed by atoms with van der Waals surface area (Å²) in [6.45, 7) is 4.51. The monoisotopic (exact) mass is 281 g/mol. The lowest BCUT2D eigenvalue weighted by molar-refractivity contribution is -0.140. The quantitative estimate of drug-likeness (QED) is 0.848. The largest absolute Gasteiger partial charge is 0.469 e. The highest BCUT2D eigenvalue weighted by molar-refractivity contribution is 5.69. The van der Waals surface area contributed by atoms with Crippen LogP contribution in [0.25, 0.3) is 0 Å². The molecule has 0 atom stereocenters. The Labute approximate surface area is 119 Å². The molecule has 6 nitrogen and oxygen atoms in total. The van der Waals surface area contributed by atoms with Crippen molar-refractivity contribution in [3.8, 4) is 0 Å². The second-order valence-corrected chi connectivity index (χ2v) is 6.41. The van der Waals surface area contributed by atoms with E-state index >= 15 is 0 Å². The summed E-state index contributed by atoms with van der Waals surface area (Å²) in [4.78, 5) is 15.4. The predicted molar refractivity (Wildman–Crippen MR) is 72.7 cm³/mol. The van der Waals surface area contributed by atoms with Gasteiger partial charge in [0.1, 0.15) is 0 Å². The number of rotatable bonds is 4. The minimum Gasteiger partial charge on any atom is -0.469 e. The zero-order valence-corrected chi connectivity index (χ0v) is 12.4. The molecule has 1 aliphatic carbocycles. The van der Waals surface area contributed by atoms with E-state index in [4.69, 9.17) is 10.3 Å². The Morgan fingerprint density at radius 3 is 2.60 bits per heavy atom. The Hall–Kier alpha value is -1.43. The lowest BCUT2D eigenvalue weighted by Gasteiger charge is -2.39. The van der Waals surface area contributed by atoms with Crippen molar-refractivity contribution < 1.29 is 14.1 Å². The van der Waals surface area contributed by atoms with Crippen LogP contribution in [-0.2, 0) is 21.5 Å². The minimum atomic E-state index is -0.497. The van der Waals surface area contributed by atoms with Crippen molar-refractivity contribution in [3.05, 3.63) is 11.7 Å². The van der Waals surface area contributed by atoms with Crippen molar-refractivity contribution in [2.24, 2.45) is 11.1 Å². The number of ether oxygens (including phenoxy) is 1. The van der Waals surface area contributed by atoms with Gasteiger partial charge in [0.15, 0.2) is 5.82 Å². The van der Waals surface area contributed by atoms with Gasteiger partial charge >= 0.3 is 5.97 Å². The smallest absolute Gasteiger partial charge is 0.306 e. The fourth-order valence-electron chi connectivity index (χ4n) is 2.47. The summed E-state index contributed by atoms with van der Waals surface area (Å²) in [5.74, 6) is 0.722. The molecule has 0 unspecified atom stereocenters. The van der Waals surface area contributed by atoms with Gasteiger partial charge in [-0.1, -0.05) is 19.0 Å². The molecule has 0 amide bonds. The van der Waals surface area contributed by atoms with Crippen molar-refractivity contribution in [1.29, 1.82) is 0 Å². The lowest BCUT2D eigenvalue weighted by Crippen LogP contribution is -2.43. The van der Waals surface area contributed by atoms with E-state index in [0.717, 1.165) is 25.7 Å². The van der Waals surface area contributed by atoms with Crippen LogP contribution in [0.4, 0.5) is 0 Å². The van der Waals surface area contributed by atoms with E-state index in [-0.39, 0.29) is 12.4 Å². The van der Waals surface area contributed by atoms with Crippen molar-refractivity contribution in [3.63, 3.8) is 0 Å². The van der Waals surface area contributed by atoms with Crippen LogP contribution in [0.3, 0.4) is 0 Å². The summed E-state index contributed by atoms with van der Waals surface area (Å²) in [5.41, 5.74) is 6.26. The van der Waals surface area contributed by atoms with Gasteiger partial charge < -0.3 is 15.0 Å². The molecule has 1 aromatic heterocycles. The Bertz CT molecular complexity index is 472. The second-order valence-electron chi connectivity index (χ2n) is 6.41. The average molecular weight is 281 g/mol. The molecule has 0 bridgehead atoms. The summed E-state index contributed by atoms with van der Waals surface area (Å²) in [6, 6.07) is 0. The number of hydrogen-bond donors (Lipinski definition) is 1. The van der Waals surface area contributed by atoms with Crippen molar-refractivity contribution in [2.75, 3.05) is 7.11 Å². The highest BCUT2D eigenvalue weighted by atomic mass is 16.5. The molecule has 0 aliphatic heterocycles. The number of methoxy groups -OCH3 is 1. The van der Waals surface area contributed by atoms with Gasteiger partial charge in [-0.2, -0.15) is 4.98 Å². The maximum absolute atomic E-state index is 11.1. The zero-order chi connectivity index (χ0) is 14.8. The van der Waals surface area contributed by atoms with Gasteiger partial charge in [-0.25, -0.2) is 0 Å². The van der Waals surface area contributed by atoms with Gasteiger partial charge in [0, 0.05) is 6.42 Å². The van der Waals surface area contributed by atoms with Gasteiger partial charge in [-0.3, -0.25) is 4.79 Å². The summed E-state index contributed by atoms with van der Waals surface area (Å²) >= 11 is 0. The van der Waals surface area contributed by atoms with Crippen LogP contribution in [0.5, 0.6) is 0 Å². The molecular weight excluding hydrogens is 258 g/mol. The normalized spacial score (nSPS) is 20.6. The zero-order valence-electron chi connectivity index (χ0n) is 12.4. The first kappa shape index (κ1) is 15.0. The van der Waals surface area contributed by atoms with E-state index in [1.165, 1.54) is 7.11 Å². The van der Waals surface area contributed by atoms with Crippen LogP contribution in [0.15, 0.2) is 4.52 Å². The van der Waals surface area contributed by atoms with Gasteiger partial charge in [0.25, 0.3) is 0 Å². The highest BCUT2D eigenvalue weighted by Gasteiger charge is 2.39. The van der Waals surface area contributed by atoms with Crippen molar-refractivity contribution in [2.45, 2.75) is 57.9 Å². The van der Waals surface area contributed by atoms with Crippen LogP contribution in [0, 0.1) is 5.41 Å². The fourth-order valence-corrected chi connectivity index (χ4v) is 2.47. The molecule has 0 radical (unpaired) electrons. The molecule has 2 rings (SSSR count). The number of carbonyl (C=O) groups excluding carboxylic acids is 1. The number of esters is 1. The third kappa shape index (κ3) is 3.36. The van der Waals surface area contributed by atoms with E-state index in [1.807, 2.05) is 0 Å². The maximum Gasteiger partial charge on any atom is 0.306 e. The van der Waals surface area contributed by atoms with Gasteiger partial charge in [-0.15, -0.1) is 0 Å². The number of aromatic nitrogens is 2. The first-order valence-corrected chi connectivity index (χ1v) is 7.03. The summed E-state index contributed by atoms with van der Waals surface area (Å²) in [5, 5.41) is 4.00. The first-order valence-electron chi connectivity index (χ1n) is 7.03. The minimum absolute atomic E-state index is 0.239. The Kier molecular flexibility index (Phi) is 4.13. The van der Waals surface area contributed by atoms with E-state index < -0.39 is 5.54 Å². The molecule has 112 valence electrons. The SMILES string of the molecule is COC(=O)CCc1nc(C2(N)CCC(C)(C)CC2)no1. The molecule has 20 heavy (non-hydrogen) atoms. The number of nitrogens with two attached hydrogens (primary N) is 1. The predicted octanol–water partition coefficient (Wildman–Crippen LogP) is 1.93. The molecular formula is C14H23N3O3. The van der Waals surface area contributed by atoms with E-state index in [1.54, 1.807) is 0 Å². The van der Waals surface area contributed by atoms with Crippen LogP contribution >= 0.6 is 0 Å². The highest BCUT2D eigenvalue weighted by Crippen LogP contribution is 2.42. The molecule has 1 saturated carbocycles. The Balaban J connectivity index is 1.99. The maximum atomic E-state index is 11.1.